The molecule has 1 aliphatic carbocycles. The second-order valence-corrected chi connectivity index (χ2v) is 5.92. The lowest BCUT2D eigenvalue weighted by molar-refractivity contribution is 0.0183. The van der Waals surface area contributed by atoms with E-state index < -0.39 is 0 Å². The van der Waals surface area contributed by atoms with Crippen LogP contribution in [0.1, 0.15) is 55.2 Å². The highest BCUT2D eigenvalue weighted by Gasteiger charge is 2.23. The Hall–Kier alpha value is -1.02. The third-order valence-electron chi connectivity index (χ3n) is 4.21. The van der Waals surface area contributed by atoms with Gasteiger partial charge in [-0.3, -0.25) is 0 Å². The van der Waals surface area contributed by atoms with Crippen LogP contribution in [0.2, 0.25) is 0 Å². The molecular weight excluding hydrogens is 236 g/mol. The minimum atomic E-state index is -0.319. The van der Waals surface area contributed by atoms with Crippen molar-refractivity contribution in [1.29, 1.82) is 0 Å². The zero-order chi connectivity index (χ0) is 13.8. The molecule has 106 valence electrons. The van der Waals surface area contributed by atoms with Crippen LogP contribution in [-0.4, -0.2) is 17.3 Å². The molecule has 0 radical (unpaired) electrons. The van der Waals surface area contributed by atoms with Gasteiger partial charge in [0.1, 0.15) is 11.9 Å². The van der Waals surface area contributed by atoms with Crippen molar-refractivity contribution >= 4 is 0 Å². The van der Waals surface area contributed by atoms with Gasteiger partial charge in [0.15, 0.2) is 0 Å². The second kappa shape index (κ2) is 6.42. The Kier molecular flexibility index (Phi) is 4.87. The van der Waals surface area contributed by atoms with Crippen molar-refractivity contribution in [2.45, 2.75) is 71.5 Å². The van der Waals surface area contributed by atoms with Gasteiger partial charge in [0.25, 0.3) is 0 Å². The summed E-state index contributed by atoms with van der Waals surface area (Å²) in [6, 6.07) is 4.27. The Morgan fingerprint density at radius 3 is 2.42 bits per heavy atom. The molecule has 1 aromatic carbocycles. The number of aryl methyl sites for hydroxylation is 2. The third kappa shape index (κ3) is 3.73. The van der Waals surface area contributed by atoms with Crippen LogP contribution in [0.15, 0.2) is 12.1 Å². The van der Waals surface area contributed by atoms with Crippen molar-refractivity contribution in [1.82, 2.24) is 0 Å². The lowest BCUT2D eigenvalue weighted by Crippen LogP contribution is -2.33. The van der Waals surface area contributed by atoms with Crippen molar-refractivity contribution < 1.29 is 9.84 Å². The Balaban J connectivity index is 2.14. The summed E-state index contributed by atoms with van der Waals surface area (Å²) in [6.07, 6.45) is 6.26. The maximum Gasteiger partial charge on any atom is 0.124 e. The third-order valence-corrected chi connectivity index (χ3v) is 4.21. The lowest BCUT2D eigenvalue weighted by atomic mass is 9.96. The van der Waals surface area contributed by atoms with Crippen LogP contribution in [0.4, 0.5) is 0 Å². The summed E-state index contributed by atoms with van der Waals surface area (Å²) in [5.41, 5.74) is 3.67. The highest BCUT2D eigenvalue weighted by atomic mass is 16.5. The highest BCUT2D eigenvalue weighted by molar-refractivity contribution is 5.42. The van der Waals surface area contributed by atoms with Crippen LogP contribution in [0.5, 0.6) is 5.75 Å². The number of aliphatic hydroxyl groups is 1. The number of aliphatic hydroxyl groups excluding tert-OH is 1. The van der Waals surface area contributed by atoms with E-state index in [0.29, 0.717) is 0 Å². The molecule has 2 atom stereocenters. The van der Waals surface area contributed by atoms with Gasteiger partial charge in [-0.05, 0) is 62.8 Å². The Labute approximate surface area is 116 Å². The minimum Gasteiger partial charge on any atom is -0.487 e. The zero-order valence-electron chi connectivity index (χ0n) is 12.4. The van der Waals surface area contributed by atoms with Crippen LogP contribution in [-0.2, 0) is 0 Å². The normalized spacial score (nSPS) is 24.6. The molecule has 1 aliphatic rings. The van der Waals surface area contributed by atoms with E-state index >= 15 is 0 Å². The summed E-state index contributed by atoms with van der Waals surface area (Å²) < 4.78 is 6.15. The molecule has 0 bridgehead atoms. The van der Waals surface area contributed by atoms with E-state index in [1.54, 1.807) is 0 Å². The molecular formula is C17H26O2. The number of hydrogen-bond donors (Lipinski definition) is 1. The van der Waals surface area contributed by atoms with Gasteiger partial charge in [0.05, 0.1) is 6.10 Å². The average Bonchev–Trinajstić information content (AvgIpc) is 2.34. The van der Waals surface area contributed by atoms with Gasteiger partial charge in [-0.1, -0.05) is 25.3 Å². The Morgan fingerprint density at radius 2 is 1.68 bits per heavy atom. The minimum absolute atomic E-state index is 0.0415. The van der Waals surface area contributed by atoms with Crippen molar-refractivity contribution in [3.63, 3.8) is 0 Å². The van der Waals surface area contributed by atoms with Gasteiger partial charge >= 0.3 is 0 Å². The molecule has 1 N–H and O–H groups in total. The van der Waals surface area contributed by atoms with E-state index in [1.807, 2.05) is 0 Å². The number of benzene rings is 1. The second-order valence-electron chi connectivity index (χ2n) is 5.92. The summed E-state index contributed by atoms with van der Waals surface area (Å²) in [7, 11) is 0. The van der Waals surface area contributed by atoms with E-state index in [2.05, 4.69) is 32.9 Å². The summed E-state index contributed by atoms with van der Waals surface area (Å²) in [6.45, 7) is 6.30. The fourth-order valence-corrected chi connectivity index (χ4v) is 2.85. The van der Waals surface area contributed by atoms with E-state index in [9.17, 15) is 5.11 Å². The van der Waals surface area contributed by atoms with Gasteiger partial charge in [0.2, 0.25) is 0 Å². The molecule has 0 amide bonds. The van der Waals surface area contributed by atoms with Crippen LogP contribution in [0.3, 0.4) is 0 Å². The van der Waals surface area contributed by atoms with Crippen molar-refractivity contribution in [3.8, 4) is 5.75 Å². The molecule has 2 heteroatoms. The first kappa shape index (κ1) is 14.4. The van der Waals surface area contributed by atoms with Gasteiger partial charge < -0.3 is 9.84 Å². The summed E-state index contributed by atoms with van der Waals surface area (Å²) in [5.74, 6) is 0.946. The molecule has 2 unspecified atom stereocenters. The monoisotopic (exact) mass is 262 g/mol. The summed E-state index contributed by atoms with van der Waals surface area (Å²) in [5, 5.41) is 10.2. The first-order valence-corrected chi connectivity index (χ1v) is 7.50. The smallest absolute Gasteiger partial charge is 0.124 e. The topological polar surface area (TPSA) is 29.5 Å². The largest absolute Gasteiger partial charge is 0.487 e. The van der Waals surface area contributed by atoms with E-state index in [-0.39, 0.29) is 12.2 Å². The lowest BCUT2D eigenvalue weighted by Gasteiger charge is -2.27. The van der Waals surface area contributed by atoms with Gasteiger partial charge in [-0.25, -0.2) is 0 Å². The summed E-state index contributed by atoms with van der Waals surface area (Å²) >= 11 is 0. The van der Waals surface area contributed by atoms with E-state index in [1.165, 1.54) is 29.5 Å². The Morgan fingerprint density at radius 1 is 1.00 bits per heavy atom. The molecule has 2 rings (SSSR count). The molecule has 0 aliphatic heterocycles. The maximum absolute atomic E-state index is 10.2. The maximum atomic E-state index is 10.2. The molecule has 1 fully saturated rings. The zero-order valence-corrected chi connectivity index (χ0v) is 12.4. The molecule has 0 heterocycles. The average molecular weight is 262 g/mol. The molecule has 0 spiro atoms. The van der Waals surface area contributed by atoms with E-state index in [4.69, 9.17) is 4.74 Å². The van der Waals surface area contributed by atoms with Crippen molar-refractivity contribution in [2.75, 3.05) is 0 Å². The highest BCUT2D eigenvalue weighted by Crippen LogP contribution is 2.28. The fourth-order valence-electron chi connectivity index (χ4n) is 2.85. The first-order chi connectivity index (χ1) is 9.08. The quantitative estimate of drug-likeness (QED) is 0.870. The predicted molar refractivity (Wildman–Crippen MR) is 78.8 cm³/mol. The van der Waals surface area contributed by atoms with Gasteiger partial charge in [-0.15, -0.1) is 0 Å². The van der Waals surface area contributed by atoms with Gasteiger partial charge in [0, 0.05) is 0 Å². The van der Waals surface area contributed by atoms with E-state index in [0.717, 1.165) is 31.4 Å². The number of rotatable bonds is 2. The first-order valence-electron chi connectivity index (χ1n) is 7.50. The molecule has 0 saturated heterocycles. The number of hydrogen-bond acceptors (Lipinski definition) is 2. The standard InChI is InChI=1S/C17H26O2/c1-12-10-13(2)14(3)17(11-12)19-16-9-7-5-4-6-8-15(16)18/h10-11,15-16,18H,4-9H2,1-3H3. The van der Waals surface area contributed by atoms with Crippen LogP contribution in [0, 0.1) is 20.8 Å². The van der Waals surface area contributed by atoms with Crippen LogP contribution in [0.25, 0.3) is 0 Å². The fraction of sp³-hybridized carbons (Fsp3) is 0.647. The molecule has 0 aromatic heterocycles. The Bertz CT molecular complexity index is 426. The summed E-state index contributed by atoms with van der Waals surface area (Å²) in [4.78, 5) is 0. The van der Waals surface area contributed by atoms with Gasteiger partial charge in [-0.2, -0.15) is 0 Å². The molecule has 2 nitrogen and oxygen atoms in total. The van der Waals surface area contributed by atoms with Crippen LogP contribution < -0.4 is 4.74 Å². The molecule has 1 saturated carbocycles. The SMILES string of the molecule is Cc1cc(C)c(C)c(OC2CCCCCCC2O)c1. The van der Waals surface area contributed by atoms with Crippen molar-refractivity contribution in [2.24, 2.45) is 0 Å². The molecule has 19 heavy (non-hydrogen) atoms. The predicted octanol–water partition coefficient (Wildman–Crippen LogP) is 4.07. The number of ether oxygens (including phenoxy) is 1. The molecule has 1 aromatic rings. The van der Waals surface area contributed by atoms with Crippen LogP contribution >= 0.6 is 0 Å². The van der Waals surface area contributed by atoms with Crippen molar-refractivity contribution in [3.05, 3.63) is 28.8 Å².